The number of allylic oxidation sites excluding steroid dienone is 1. The van der Waals surface area contributed by atoms with Crippen molar-refractivity contribution in [2.75, 3.05) is 13.7 Å². The standard InChI is InChI=1S/C30H25IN2O4S/c1-3-37-24-14-17(13-23(31)28(24)34)15-25-29(35)33-27(19-8-6-9-20(16-19)36-2)22-12-11-18-7-4-5-10-21(18)26(22)32-30(33)38-25/h4-10,13-16,27,34H,3,11-12H2,1-2H3. The molecule has 1 aliphatic carbocycles. The number of phenolic OH excluding ortho intramolecular Hbond substituents is 1. The molecule has 1 N–H and O–H groups in total. The minimum atomic E-state index is -0.272. The number of rotatable bonds is 5. The van der Waals surface area contributed by atoms with Gasteiger partial charge in [-0.25, -0.2) is 4.99 Å². The summed E-state index contributed by atoms with van der Waals surface area (Å²) in [6.45, 7) is 2.30. The fraction of sp³-hybridized carbons (Fsp3) is 0.200. The molecule has 0 spiro atoms. The van der Waals surface area contributed by atoms with Crippen LogP contribution in [0.1, 0.15) is 41.6 Å². The Morgan fingerprint density at radius 2 is 2.00 bits per heavy atom. The zero-order valence-electron chi connectivity index (χ0n) is 20.9. The second kappa shape index (κ2) is 10.1. The van der Waals surface area contributed by atoms with E-state index in [9.17, 15) is 9.90 Å². The molecule has 0 bridgehead atoms. The normalized spacial score (nSPS) is 16.4. The molecule has 1 unspecified atom stereocenters. The number of phenols is 1. The van der Waals surface area contributed by atoms with Crippen LogP contribution in [0.3, 0.4) is 0 Å². The molecule has 0 saturated carbocycles. The molecule has 0 fully saturated rings. The van der Waals surface area contributed by atoms with E-state index < -0.39 is 0 Å². The second-order valence-corrected chi connectivity index (χ2v) is 11.3. The highest BCUT2D eigenvalue weighted by Crippen LogP contribution is 2.41. The first-order valence-electron chi connectivity index (χ1n) is 12.4. The number of benzene rings is 3. The van der Waals surface area contributed by atoms with E-state index in [1.54, 1.807) is 13.2 Å². The third kappa shape index (κ3) is 4.25. The van der Waals surface area contributed by atoms with Crippen LogP contribution in [0.25, 0.3) is 11.8 Å². The fourth-order valence-corrected chi connectivity index (χ4v) is 6.85. The van der Waals surface area contributed by atoms with Crippen LogP contribution >= 0.6 is 33.9 Å². The summed E-state index contributed by atoms with van der Waals surface area (Å²) in [5.41, 5.74) is 6.21. The number of halogens is 1. The molecule has 2 heterocycles. The van der Waals surface area contributed by atoms with Crippen molar-refractivity contribution < 1.29 is 14.6 Å². The van der Waals surface area contributed by atoms with Gasteiger partial charge in [0.25, 0.3) is 5.56 Å². The maximum absolute atomic E-state index is 14.0. The van der Waals surface area contributed by atoms with E-state index in [1.165, 1.54) is 16.9 Å². The molecular weight excluding hydrogens is 611 g/mol. The molecule has 6 nitrogen and oxygen atoms in total. The highest BCUT2D eigenvalue weighted by Gasteiger charge is 2.32. The molecule has 0 saturated heterocycles. The predicted molar refractivity (Wildman–Crippen MR) is 158 cm³/mol. The number of ether oxygens (including phenoxy) is 2. The number of methoxy groups -OCH3 is 1. The van der Waals surface area contributed by atoms with Crippen molar-refractivity contribution in [3.05, 3.63) is 112 Å². The molecule has 1 atom stereocenters. The lowest BCUT2D eigenvalue weighted by atomic mass is 9.83. The van der Waals surface area contributed by atoms with Gasteiger partial charge in [0, 0.05) is 5.56 Å². The second-order valence-electron chi connectivity index (χ2n) is 9.17. The summed E-state index contributed by atoms with van der Waals surface area (Å²) in [5.74, 6) is 1.26. The highest BCUT2D eigenvalue weighted by molar-refractivity contribution is 14.1. The molecule has 3 aromatic carbocycles. The summed E-state index contributed by atoms with van der Waals surface area (Å²) in [6.07, 6.45) is 3.59. The van der Waals surface area contributed by atoms with Crippen LogP contribution in [0.15, 0.2) is 76.0 Å². The molecule has 6 rings (SSSR count). The number of nitrogens with zero attached hydrogens (tertiary/aromatic N) is 2. The van der Waals surface area contributed by atoms with Crippen molar-refractivity contribution in [1.82, 2.24) is 4.57 Å². The fourth-order valence-electron chi connectivity index (χ4n) is 5.23. The van der Waals surface area contributed by atoms with E-state index in [-0.39, 0.29) is 17.4 Å². The molecule has 2 aliphatic rings. The lowest BCUT2D eigenvalue weighted by Gasteiger charge is -2.31. The Morgan fingerprint density at radius 3 is 2.82 bits per heavy atom. The molecule has 0 radical (unpaired) electrons. The van der Waals surface area contributed by atoms with Crippen molar-refractivity contribution in [2.45, 2.75) is 25.8 Å². The van der Waals surface area contributed by atoms with Crippen molar-refractivity contribution in [3.63, 3.8) is 0 Å². The first-order chi connectivity index (χ1) is 18.5. The number of thiazole rings is 1. The largest absolute Gasteiger partial charge is 0.504 e. The molecule has 0 amide bonds. The summed E-state index contributed by atoms with van der Waals surface area (Å²) in [6, 6.07) is 19.7. The summed E-state index contributed by atoms with van der Waals surface area (Å²) >= 11 is 3.46. The highest BCUT2D eigenvalue weighted by atomic mass is 127. The van der Waals surface area contributed by atoms with E-state index >= 15 is 0 Å². The quantitative estimate of drug-likeness (QED) is 0.312. The zero-order valence-corrected chi connectivity index (χ0v) is 23.9. The van der Waals surface area contributed by atoms with Crippen LogP contribution in [0, 0.1) is 3.57 Å². The van der Waals surface area contributed by atoms with Gasteiger partial charge in [-0.15, -0.1) is 0 Å². The lowest BCUT2D eigenvalue weighted by molar-refractivity contribution is 0.317. The van der Waals surface area contributed by atoms with Crippen LogP contribution in [0.5, 0.6) is 17.2 Å². The third-order valence-corrected chi connectivity index (χ3v) is 8.74. The molecule has 38 heavy (non-hydrogen) atoms. The summed E-state index contributed by atoms with van der Waals surface area (Å²) in [5, 5.41) is 10.4. The number of aromatic nitrogens is 1. The van der Waals surface area contributed by atoms with Crippen molar-refractivity contribution >= 4 is 45.7 Å². The Balaban J connectivity index is 1.59. The van der Waals surface area contributed by atoms with Crippen LogP contribution < -0.4 is 24.4 Å². The summed E-state index contributed by atoms with van der Waals surface area (Å²) in [7, 11) is 1.65. The first-order valence-corrected chi connectivity index (χ1v) is 14.3. The third-order valence-electron chi connectivity index (χ3n) is 6.93. The van der Waals surface area contributed by atoms with E-state index in [4.69, 9.17) is 14.5 Å². The smallest absolute Gasteiger partial charge is 0.271 e. The molecule has 8 heteroatoms. The van der Waals surface area contributed by atoms with Gasteiger partial charge in [-0.2, -0.15) is 0 Å². The summed E-state index contributed by atoms with van der Waals surface area (Å²) < 4.78 is 14.2. The molecule has 4 aromatic rings. The number of aromatic hydroxyl groups is 1. The minimum Gasteiger partial charge on any atom is -0.504 e. The average molecular weight is 637 g/mol. The molecule has 192 valence electrons. The Hall–Kier alpha value is -3.37. The van der Waals surface area contributed by atoms with Gasteiger partial charge in [0.1, 0.15) is 5.75 Å². The Labute approximate surface area is 237 Å². The summed E-state index contributed by atoms with van der Waals surface area (Å²) in [4.78, 5) is 19.7. The van der Waals surface area contributed by atoms with Crippen LogP contribution in [0.2, 0.25) is 0 Å². The lowest BCUT2D eigenvalue weighted by Crippen LogP contribution is -2.38. The van der Waals surface area contributed by atoms with E-state index in [0.29, 0.717) is 25.3 Å². The average Bonchev–Trinajstić information content (AvgIpc) is 3.24. The molecule has 1 aliphatic heterocycles. The number of fused-ring (bicyclic) bond motifs is 3. The number of hydrogen-bond donors (Lipinski definition) is 1. The van der Waals surface area contributed by atoms with Crippen LogP contribution in [0.4, 0.5) is 0 Å². The van der Waals surface area contributed by atoms with Gasteiger partial charge in [0.2, 0.25) is 0 Å². The SMILES string of the molecule is CCOc1cc(C=c2sc3n(c2=O)C(c2cccc(OC)c2)C2=C(N=3)c3ccccc3CC2)cc(I)c1O. The maximum atomic E-state index is 14.0. The van der Waals surface area contributed by atoms with E-state index in [2.05, 4.69) is 46.9 Å². The first kappa shape index (κ1) is 24.9. The van der Waals surface area contributed by atoms with E-state index in [0.717, 1.165) is 46.6 Å². The van der Waals surface area contributed by atoms with Gasteiger partial charge in [-0.05, 0) is 95.0 Å². The number of aryl methyl sites for hydroxylation is 1. The molecule has 1 aromatic heterocycles. The van der Waals surface area contributed by atoms with Crippen LogP contribution in [-0.4, -0.2) is 23.4 Å². The van der Waals surface area contributed by atoms with Gasteiger partial charge in [0.05, 0.1) is 33.6 Å². The number of hydrogen-bond acceptors (Lipinski definition) is 6. The monoisotopic (exact) mass is 636 g/mol. The van der Waals surface area contributed by atoms with Crippen molar-refractivity contribution in [1.29, 1.82) is 0 Å². The van der Waals surface area contributed by atoms with E-state index in [1.807, 2.05) is 47.9 Å². The maximum Gasteiger partial charge on any atom is 0.271 e. The molecular formula is C30H25IN2O4S. The van der Waals surface area contributed by atoms with Gasteiger partial charge in [-0.1, -0.05) is 47.7 Å². The van der Waals surface area contributed by atoms with Gasteiger partial charge in [-0.3, -0.25) is 9.36 Å². The van der Waals surface area contributed by atoms with Gasteiger partial charge in [0.15, 0.2) is 16.3 Å². The Morgan fingerprint density at radius 1 is 1.16 bits per heavy atom. The van der Waals surface area contributed by atoms with Crippen LogP contribution in [-0.2, 0) is 6.42 Å². The zero-order chi connectivity index (χ0) is 26.4. The Kier molecular flexibility index (Phi) is 6.61. The predicted octanol–water partition coefficient (Wildman–Crippen LogP) is 5.04. The van der Waals surface area contributed by atoms with Gasteiger partial charge < -0.3 is 14.6 Å². The Bertz CT molecular complexity index is 1790. The van der Waals surface area contributed by atoms with Crippen molar-refractivity contribution in [3.8, 4) is 17.2 Å². The minimum absolute atomic E-state index is 0.0898. The van der Waals surface area contributed by atoms with Crippen molar-refractivity contribution in [2.24, 2.45) is 4.99 Å². The van der Waals surface area contributed by atoms with Gasteiger partial charge >= 0.3 is 0 Å². The topological polar surface area (TPSA) is 73.0 Å².